The van der Waals surface area contributed by atoms with Crippen LogP contribution in [0.1, 0.15) is 0 Å². The Bertz CT molecular complexity index is 1310. The fraction of sp³-hybridized carbons (Fsp3) is 0.357. The second-order valence-electron chi connectivity index (χ2n) is 8.29. The molecule has 39 heavy (non-hydrogen) atoms. The van der Waals surface area contributed by atoms with E-state index in [4.69, 9.17) is 38.4 Å². The predicted molar refractivity (Wildman–Crippen MR) is 146 cm³/mol. The number of rotatable bonds is 2. The molecule has 0 saturated carbocycles. The first-order valence-corrected chi connectivity index (χ1v) is 13.7. The van der Waals surface area contributed by atoms with E-state index in [0.29, 0.717) is 94.6 Å². The molecule has 0 unspecified atom stereocenters. The van der Waals surface area contributed by atoms with E-state index >= 15 is 0 Å². The average Bonchev–Trinajstić information content (AvgIpc) is 3.48. The van der Waals surface area contributed by atoms with Crippen molar-refractivity contribution < 1.29 is 28.4 Å². The van der Waals surface area contributed by atoms with Crippen LogP contribution in [0, 0.1) is 0 Å². The minimum Gasteiger partial charge on any atom is -0.489 e. The second-order valence-corrected chi connectivity index (χ2v) is 9.15. The lowest BCUT2D eigenvalue weighted by molar-refractivity contribution is -0.00707. The summed E-state index contributed by atoms with van der Waals surface area (Å²) in [7, 11) is 0. The number of nitrogens with zero attached hydrogens (tertiary/aromatic N) is 4. The molecule has 0 saturated heterocycles. The van der Waals surface area contributed by atoms with E-state index in [1.165, 1.54) is 11.3 Å². The highest BCUT2D eigenvalue weighted by Crippen LogP contribution is 2.36. The van der Waals surface area contributed by atoms with Crippen molar-refractivity contribution in [3.8, 4) is 45.0 Å². The van der Waals surface area contributed by atoms with Gasteiger partial charge in [-0.05, 0) is 36.4 Å². The van der Waals surface area contributed by atoms with Crippen molar-refractivity contribution in [2.24, 2.45) is 0 Å². The van der Waals surface area contributed by atoms with Crippen molar-refractivity contribution in [3.63, 3.8) is 0 Å². The third-order valence-corrected chi connectivity index (χ3v) is 6.46. The molecule has 11 heteroatoms. The molecule has 0 atom stereocenters. The van der Waals surface area contributed by atoms with Gasteiger partial charge in [0.25, 0.3) is 0 Å². The van der Waals surface area contributed by atoms with Gasteiger partial charge < -0.3 is 28.4 Å². The van der Waals surface area contributed by atoms with Crippen molar-refractivity contribution >= 4 is 11.3 Å². The third kappa shape index (κ3) is 7.78. The zero-order valence-corrected chi connectivity index (χ0v) is 22.3. The quantitative estimate of drug-likeness (QED) is 0.361. The molecule has 10 nitrogen and oxygen atoms in total. The molecule has 1 aliphatic rings. The highest BCUT2D eigenvalue weighted by atomic mass is 32.1. The number of aromatic nitrogens is 4. The van der Waals surface area contributed by atoms with Gasteiger partial charge in [-0.15, -0.1) is 11.3 Å². The largest absolute Gasteiger partial charge is 0.489 e. The van der Waals surface area contributed by atoms with Gasteiger partial charge in [0.05, 0.1) is 64.2 Å². The Morgan fingerprint density at radius 3 is 1.82 bits per heavy atom. The van der Waals surface area contributed by atoms with Crippen molar-refractivity contribution in [3.05, 3.63) is 60.2 Å². The van der Waals surface area contributed by atoms with Crippen LogP contribution in [0.3, 0.4) is 0 Å². The zero-order chi connectivity index (χ0) is 26.5. The van der Waals surface area contributed by atoms with E-state index in [9.17, 15) is 0 Å². The second kappa shape index (κ2) is 14.6. The molecular weight excluding hydrogens is 520 g/mol. The first kappa shape index (κ1) is 27.1. The molecule has 0 bridgehead atoms. The highest BCUT2D eigenvalue weighted by Gasteiger charge is 2.18. The molecule has 0 spiro atoms. The Hall–Kier alpha value is -3.48. The molecule has 0 aromatic carbocycles. The predicted octanol–water partition coefficient (Wildman–Crippen LogP) is 4.17. The topological polar surface area (TPSA) is 107 Å². The lowest BCUT2D eigenvalue weighted by atomic mass is 10.2. The molecule has 4 aromatic rings. The van der Waals surface area contributed by atoms with Gasteiger partial charge in [0, 0.05) is 17.8 Å². The first-order valence-electron chi connectivity index (χ1n) is 12.8. The highest BCUT2D eigenvalue weighted by molar-refractivity contribution is 7.13. The number of fused-ring (bicyclic) bond motifs is 3. The van der Waals surface area contributed by atoms with Crippen molar-refractivity contribution in [2.75, 3.05) is 66.1 Å². The number of hydrogen-bond acceptors (Lipinski definition) is 11. The molecule has 204 valence electrons. The zero-order valence-electron chi connectivity index (χ0n) is 21.5. The van der Waals surface area contributed by atoms with E-state index in [-0.39, 0.29) is 0 Å². The summed E-state index contributed by atoms with van der Waals surface area (Å²) in [6.07, 6.45) is 3.46. The Labute approximate surface area is 230 Å². The number of thiazole rings is 1. The maximum atomic E-state index is 6.10. The van der Waals surface area contributed by atoms with E-state index in [2.05, 4.69) is 9.97 Å². The normalized spacial score (nSPS) is 16.2. The fourth-order valence-corrected chi connectivity index (χ4v) is 4.52. The van der Waals surface area contributed by atoms with Gasteiger partial charge in [0.1, 0.15) is 46.8 Å². The van der Waals surface area contributed by atoms with Gasteiger partial charge in [-0.3, -0.25) is 9.97 Å². The minimum atomic E-state index is 0.342. The van der Waals surface area contributed by atoms with Crippen LogP contribution >= 0.6 is 11.3 Å². The van der Waals surface area contributed by atoms with Gasteiger partial charge in [0.2, 0.25) is 0 Å². The Balaban J connectivity index is 1.41. The monoisotopic (exact) mass is 550 g/mol. The molecule has 0 aliphatic carbocycles. The minimum absolute atomic E-state index is 0.342. The molecule has 0 radical (unpaired) electrons. The maximum Gasteiger partial charge on any atom is 0.147 e. The van der Waals surface area contributed by atoms with Gasteiger partial charge in [-0.1, -0.05) is 6.07 Å². The third-order valence-electron chi connectivity index (χ3n) is 5.59. The first-order chi connectivity index (χ1) is 19.4. The Morgan fingerprint density at radius 2 is 1.15 bits per heavy atom. The molecule has 5 heterocycles. The number of pyridine rings is 3. The lowest BCUT2D eigenvalue weighted by Gasteiger charge is -2.15. The molecule has 4 aromatic heterocycles. The van der Waals surface area contributed by atoms with E-state index in [1.807, 2.05) is 47.8 Å². The summed E-state index contributed by atoms with van der Waals surface area (Å²) in [6, 6.07) is 13.2. The van der Waals surface area contributed by atoms with Gasteiger partial charge in [0.15, 0.2) is 0 Å². The molecule has 1 aliphatic heterocycles. The SMILES string of the molecule is c1ccc(-c2csc(-c3ccc4c(n3)-c3ncccc3OCCOCCOCCOCCOCCO4)n2)nc1. The van der Waals surface area contributed by atoms with Crippen LogP contribution in [-0.2, 0) is 18.9 Å². The molecule has 0 fully saturated rings. The van der Waals surface area contributed by atoms with E-state index in [1.54, 1.807) is 12.4 Å². The maximum absolute atomic E-state index is 6.10. The molecule has 5 rings (SSSR count). The van der Waals surface area contributed by atoms with Gasteiger partial charge in [-0.25, -0.2) is 9.97 Å². The van der Waals surface area contributed by atoms with Crippen LogP contribution in [0.15, 0.2) is 60.2 Å². The molecular formula is C28H30N4O6S. The Kier molecular flexibility index (Phi) is 10.2. The lowest BCUT2D eigenvalue weighted by Crippen LogP contribution is -2.15. The van der Waals surface area contributed by atoms with Gasteiger partial charge >= 0.3 is 0 Å². The van der Waals surface area contributed by atoms with E-state index in [0.717, 1.165) is 16.4 Å². The smallest absolute Gasteiger partial charge is 0.147 e. The van der Waals surface area contributed by atoms with Crippen LogP contribution < -0.4 is 9.47 Å². The van der Waals surface area contributed by atoms with Crippen LogP contribution in [0.5, 0.6) is 11.5 Å². The summed E-state index contributed by atoms with van der Waals surface area (Å²) in [5.41, 5.74) is 3.44. The van der Waals surface area contributed by atoms with Crippen molar-refractivity contribution in [1.29, 1.82) is 0 Å². The summed E-state index contributed by atoms with van der Waals surface area (Å²) in [4.78, 5) is 18.7. The van der Waals surface area contributed by atoms with Crippen molar-refractivity contribution in [1.82, 2.24) is 19.9 Å². The molecule has 0 N–H and O–H groups in total. The van der Waals surface area contributed by atoms with Gasteiger partial charge in [-0.2, -0.15) is 0 Å². The van der Waals surface area contributed by atoms with Crippen LogP contribution in [0.25, 0.3) is 33.5 Å². The summed E-state index contributed by atoms with van der Waals surface area (Å²) >= 11 is 1.50. The summed E-state index contributed by atoms with van der Waals surface area (Å²) in [6.45, 7) is 4.47. The summed E-state index contributed by atoms with van der Waals surface area (Å²) in [5, 5.41) is 2.74. The van der Waals surface area contributed by atoms with Crippen LogP contribution in [0.4, 0.5) is 0 Å². The average molecular weight is 551 g/mol. The Morgan fingerprint density at radius 1 is 0.513 bits per heavy atom. The van der Waals surface area contributed by atoms with E-state index < -0.39 is 0 Å². The summed E-state index contributed by atoms with van der Waals surface area (Å²) in [5.74, 6) is 1.16. The van der Waals surface area contributed by atoms with Crippen LogP contribution in [0.2, 0.25) is 0 Å². The molecule has 0 amide bonds. The van der Waals surface area contributed by atoms with Crippen LogP contribution in [-0.4, -0.2) is 86.0 Å². The van der Waals surface area contributed by atoms with Crippen molar-refractivity contribution in [2.45, 2.75) is 0 Å². The fourth-order valence-electron chi connectivity index (χ4n) is 3.74. The number of hydrogen-bond donors (Lipinski definition) is 0. The summed E-state index contributed by atoms with van der Waals surface area (Å²) < 4.78 is 34.4. The number of ether oxygens (including phenoxy) is 6. The standard InChI is InChI=1S/C28H30N4O6S/c1-2-8-29-21(4-1)23-20-39-28(32-23)22-6-7-25-27(31-22)26-24(5-3-9-30-26)37-18-16-35-14-12-33-10-11-34-13-15-36-17-19-38-25/h1-9,20H,10-19H2.